The summed E-state index contributed by atoms with van der Waals surface area (Å²) in [5, 5.41) is 9.77. The molecule has 0 fully saturated rings. The van der Waals surface area contributed by atoms with Gasteiger partial charge in [0.15, 0.2) is 0 Å². The van der Waals surface area contributed by atoms with Gasteiger partial charge in [-0.05, 0) is 11.5 Å². The fourth-order valence-corrected chi connectivity index (χ4v) is 1.82. The van der Waals surface area contributed by atoms with E-state index in [4.69, 9.17) is 4.42 Å². The Hall–Kier alpha value is -1.75. The van der Waals surface area contributed by atoms with E-state index in [1.165, 1.54) is 0 Å². The van der Waals surface area contributed by atoms with E-state index in [-0.39, 0.29) is 0 Å². The monoisotopic (exact) mass is 275 g/mol. The predicted octanol–water partition coefficient (Wildman–Crippen LogP) is 3.05. The predicted molar refractivity (Wildman–Crippen MR) is 62.7 cm³/mol. The Labute approximate surface area is 99.5 Å². The molecule has 1 aromatic carbocycles. The first-order valence-corrected chi connectivity index (χ1v) is 5.47. The van der Waals surface area contributed by atoms with Gasteiger partial charge in [-0.3, -0.25) is 4.98 Å². The number of pyridine rings is 1. The zero-order chi connectivity index (χ0) is 11.0. The second-order valence-corrected chi connectivity index (χ2v) is 3.92. The number of nitrogens with zero attached hydrogens (tertiary/aromatic N) is 3. The first-order chi connectivity index (χ1) is 7.84. The number of fused-ring (bicyclic) bond motifs is 1. The Morgan fingerprint density at radius 1 is 1.06 bits per heavy atom. The van der Waals surface area contributed by atoms with Crippen molar-refractivity contribution in [2.75, 3.05) is 0 Å². The standard InChI is InChI=1S/C11H6BrN3O/c12-11-15-14-10(16-11)9-8-4-2-1-3-7(8)5-6-13-9/h1-6H. The Balaban J connectivity index is 2.31. The number of halogens is 1. The van der Waals surface area contributed by atoms with Crippen molar-refractivity contribution in [3.05, 3.63) is 41.3 Å². The van der Waals surface area contributed by atoms with Crippen LogP contribution in [0, 0.1) is 0 Å². The van der Waals surface area contributed by atoms with Gasteiger partial charge in [0.05, 0.1) is 0 Å². The smallest absolute Gasteiger partial charge is 0.285 e. The Morgan fingerprint density at radius 3 is 2.75 bits per heavy atom. The van der Waals surface area contributed by atoms with Crippen molar-refractivity contribution in [1.82, 2.24) is 15.2 Å². The number of aromatic nitrogens is 3. The van der Waals surface area contributed by atoms with Crippen LogP contribution in [0.5, 0.6) is 0 Å². The summed E-state index contributed by atoms with van der Waals surface area (Å²) in [4.78, 5) is 4.63. The highest BCUT2D eigenvalue weighted by Gasteiger charge is 2.11. The minimum atomic E-state index is 0.359. The lowest BCUT2D eigenvalue weighted by Crippen LogP contribution is -1.85. The van der Waals surface area contributed by atoms with Crippen molar-refractivity contribution in [2.45, 2.75) is 0 Å². The average molecular weight is 276 g/mol. The minimum Gasteiger partial charge on any atom is -0.409 e. The van der Waals surface area contributed by atoms with Crippen molar-refractivity contribution in [3.8, 4) is 11.6 Å². The van der Waals surface area contributed by atoms with Gasteiger partial charge in [-0.15, -0.1) is 10.2 Å². The van der Waals surface area contributed by atoms with Gasteiger partial charge in [0.1, 0.15) is 5.69 Å². The van der Waals surface area contributed by atoms with E-state index in [2.05, 4.69) is 31.1 Å². The molecule has 3 aromatic rings. The van der Waals surface area contributed by atoms with E-state index < -0.39 is 0 Å². The maximum Gasteiger partial charge on any atom is 0.285 e. The first-order valence-electron chi connectivity index (χ1n) is 4.68. The molecule has 0 aliphatic heterocycles. The van der Waals surface area contributed by atoms with Crippen LogP contribution in [-0.4, -0.2) is 15.2 Å². The summed E-state index contributed by atoms with van der Waals surface area (Å²) >= 11 is 3.13. The summed E-state index contributed by atoms with van der Waals surface area (Å²) in [5.41, 5.74) is 0.705. The molecule has 0 unspecified atom stereocenters. The molecule has 0 saturated carbocycles. The fraction of sp³-hybridized carbons (Fsp3) is 0. The molecule has 0 N–H and O–H groups in total. The molecule has 0 radical (unpaired) electrons. The topological polar surface area (TPSA) is 51.8 Å². The van der Waals surface area contributed by atoms with Gasteiger partial charge in [-0.2, -0.15) is 0 Å². The second-order valence-electron chi connectivity index (χ2n) is 3.24. The lowest BCUT2D eigenvalue weighted by atomic mass is 10.1. The normalized spacial score (nSPS) is 10.8. The summed E-state index contributed by atoms with van der Waals surface area (Å²) in [7, 11) is 0. The highest BCUT2D eigenvalue weighted by Crippen LogP contribution is 2.25. The van der Waals surface area contributed by atoms with E-state index >= 15 is 0 Å². The van der Waals surface area contributed by atoms with Gasteiger partial charge in [0.2, 0.25) is 0 Å². The summed E-state index contributed by atoms with van der Waals surface area (Å²) in [5.74, 6) is 0.420. The quantitative estimate of drug-likeness (QED) is 0.685. The third kappa shape index (κ3) is 1.49. The third-order valence-corrected chi connectivity index (χ3v) is 2.60. The molecule has 2 heterocycles. The molecule has 3 rings (SSSR count). The largest absolute Gasteiger partial charge is 0.409 e. The van der Waals surface area contributed by atoms with Gasteiger partial charge in [0, 0.05) is 27.5 Å². The SMILES string of the molecule is Brc1nnc(-c2nccc3ccccc23)o1. The molecule has 4 nitrogen and oxygen atoms in total. The van der Waals surface area contributed by atoms with Gasteiger partial charge in [-0.25, -0.2) is 0 Å². The molecular formula is C11H6BrN3O. The summed E-state index contributed by atoms with van der Waals surface area (Å²) < 4.78 is 5.31. The maximum absolute atomic E-state index is 5.31. The van der Waals surface area contributed by atoms with Crippen molar-refractivity contribution in [2.24, 2.45) is 0 Å². The minimum absolute atomic E-state index is 0.359. The molecule has 0 atom stereocenters. The van der Waals surface area contributed by atoms with Crippen LogP contribution in [0.4, 0.5) is 0 Å². The van der Waals surface area contributed by atoms with Crippen LogP contribution < -0.4 is 0 Å². The molecule has 2 aromatic heterocycles. The average Bonchev–Trinajstić information content (AvgIpc) is 2.75. The highest BCUT2D eigenvalue weighted by atomic mass is 79.9. The van der Waals surface area contributed by atoms with Crippen LogP contribution in [0.15, 0.2) is 45.7 Å². The molecule has 5 heteroatoms. The number of rotatable bonds is 1. The zero-order valence-corrected chi connectivity index (χ0v) is 9.68. The number of hydrogen-bond donors (Lipinski definition) is 0. The van der Waals surface area contributed by atoms with Crippen LogP contribution >= 0.6 is 15.9 Å². The molecule has 0 saturated heterocycles. The fourth-order valence-electron chi connectivity index (χ4n) is 1.59. The number of hydrogen-bond acceptors (Lipinski definition) is 4. The zero-order valence-electron chi connectivity index (χ0n) is 8.09. The highest BCUT2D eigenvalue weighted by molar-refractivity contribution is 9.10. The maximum atomic E-state index is 5.31. The van der Waals surface area contributed by atoms with E-state index in [1.54, 1.807) is 6.20 Å². The van der Waals surface area contributed by atoms with E-state index in [1.807, 2.05) is 30.3 Å². The van der Waals surface area contributed by atoms with Crippen LogP contribution in [0.3, 0.4) is 0 Å². The Kier molecular flexibility index (Phi) is 2.18. The molecule has 0 amide bonds. The molecule has 0 aliphatic carbocycles. The summed E-state index contributed by atoms with van der Waals surface area (Å²) in [6.07, 6.45) is 1.73. The third-order valence-electron chi connectivity index (χ3n) is 2.28. The van der Waals surface area contributed by atoms with Crippen LogP contribution in [0.25, 0.3) is 22.4 Å². The molecule has 0 aliphatic rings. The van der Waals surface area contributed by atoms with E-state index in [0.717, 1.165) is 10.8 Å². The van der Waals surface area contributed by atoms with Crippen LogP contribution in [-0.2, 0) is 0 Å². The molecule has 16 heavy (non-hydrogen) atoms. The lowest BCUT2D eigenvalue weighted by Gasteiger charge is -2.00. The summed E-state index contributed by atoms with van der Waals surface area (Å²) in [6.45, 7) is 0. The van der Waals surface area contributed by atoms with Crippen molar-refractivity contribution in [3.63, 3.8) is 0 Å². The van der Waals surface area contributed by atoms with Crippen molar-refractivity contribution in [1.29, 1.82) is 0 Å². The molecular weight excluding hydrogens is 270 g/mol. The van der Waals surface area contributed by atoms with E-state index in [0.29, 0.717) is 16.4 Å². The Bertz CT molecular complexity index is 645. The lowest BCUT2D eigenvalue weighted by molar-refractivity contribution is 0.539. The second kappa shape index (κ2) is 3.68. The van der Waals surface area contributed by atoms with Crippen LogP contribution in [0.1, 0.15) is 0 Å². The van der Waals surface area contributed by atoms with Crippen molar-refractivity contribution < 1.29 is 4.42 Å². The number of benzene rings is 1. The van der Waals surface area contributed by atoms with Gasteiger partial charge in [0.25, 0.3) is 10.7 Å². The molecule has 0 bridgehead atoms. The van der Waals surface area contributed by atoms with Gasteiger partial charge in [-0.1, -0.05) is 24.3 Å². The molecule has 78 valence electrons. The first kappa shape index (κ1) is 9.47. The summed E-state index contributed by atoms with van der Waals surface area (Å²) in [6, 6.07) is 9.89. The van der Waals surface area contributed by atoms with Gasteiger partial charge >= 0.3 is 0 Å². The van der Waals surface area contributed by atoms with Crippen molar-refractivity contribution >= 4 is 26.7 Å². The van der Waals surface area contributed by atoms with Gasteiger partial charge < -0.3 is 4.42 Å². The van der Waals surface area contributed by atoms with Crippen LogP contribution in [0.2, 0.25) is 0 Å². The molecule has 0 spiro atoms. The van der Waals surface area contributed by atoms with E-state index in [9.17, 15) is 0 Å². The Morgan fingerprint density at radius 2 is 1.94 bits per heavy atom.